The van der Waals surface area contributed by atoms with Crippen LogP contribution in [-0.4, -0.2) is 5.78 Å². The first-order valence-corrected chi connectivity index (χ1v) is 3.42. The zero-order valence-electron chi connectivity index (χ0n) is 5.84. The van der Waals surface area contributed by atoms with Crippen LogP contribution in [0.2, 0.25) is 5.02 Å². The molecule has 0 unspecified atom stereocenters. The van der Waals surface area contributed by atoms with Crippen molar-refractivity contribution in [1.29, 1.82) is 5.26 Å². The summed E-state index contributed by atoms with van der Waals surface area (Å²) in [5, 5.41) is 8.06. The van der Waals surface area contributed by atoms with Gasteiger partial charge in [-0.25, -0.2) is 4.39 Å². The largest absolute Gasteiger partial charge is 0.277 e. The lowest BCUT2D eigenvalue weighted by Gasteiger charge is -1.94. The molecule has 12 heavy (non-hydrogen) atoms. The minimum Gasteiger partial charge on any atom is -0.277 e. The highest BCUT2D eigenvalue weighted by atomic mass is 35.5. The Morgan fingerprint density at radius 2 is 2.25 bits per heavy atom. The maximum Gasteiger partial charge on any atom is 0.262 e. The van der Waals surface area contributed by atoms with Crippen LogP contribution in [0.1, 0.15) is 10.4 Å². The fourth-order valence-corrected chi connectivity index (χ4v) is 0.882. The molecule has 1 aromatic rings. The molecule has 1 rings (SSSR count). The van der Waals surface area contributed by atoms with Crippen LogP contribution in [-0.2, 0) is 0 Å². The van der Waals surface area contributed by atoms with E-state index in [-0.39, 0.29) is 10.6 Å². The topological polar surface area (TPSA) is 40.9 Å². The first kappa shape index (κ1) is 8.69. The molecule has 1 aromatic carbocycles. The quantitative estimate of drug-likeness (QED) is 0.495. The van der Waals surface area contributed by atoms with Crippen LogP contribution >= 0.6 is 11.6 Å². The number of benzene rings is 1. The molecule has 2 nitrogen and oxygen atoms in total. The Labute approximate surface area is 73.2 Å². The van der Waals surface area contributed by atoms with E-state index < -0.39 is 11.6 Å². The molecule has 0 aliphatic rings. The third-order valence-corrected chi connectivity index (χ3v) is 1.57. The van der Waals surface area contributed by atoms with Gasteiger partial charge < -0.3 is 0 Å². The van der Waals surface area contributed by atoms with Crippen molar-refractivity contribution in [3.8, 4) is 6.07 Å². The summed E-state index contributed by atoms with van der Waals surface area (Å²) in [6.45, 7) is 0. The van der Waals surface area contributed by atoms with Crippen LogP contribution in [0.3, 0.4) is 0 Å². The van der Waals surface area contributed by atoms with E-state index in [0.29, 0.717) is 0 Å². The lowest BCUT2D eigenvalue weighted by molar-refractivity contribution is 0.105. The molecule has 0 N–H and O–H groups in total. The van der Waals surface area contributed by atoms with Crippen molar-refractivity contribution < 1.29 is 9.18 Å². The van der Waals surface area contributed by atoms with Crippen LogP contribution in [0.15, 0.2) is 18.2 Å². The van der Waals surface area contributed by atoms with Crippen molar-refractivity contribution >= 4 is 17.4 Å². The van der Waals surface area contributed by atoms with E-state index in [1.165, 1.54) is 12.1 Å². The highest BCUT2D eigenvalue weighted by molar-refractivity contribution is 6.31. The highest BCUT2D eigenvalue weighted by Gasteiger charge is 2.06. The van der Waals surface area contributed by atoms with Crippen LogP contribution in [0.4, 0.5) is 4.39 Å². The second-order valence-electron chi connectivity index (χ2n) is 2.07. The van der Waals surface area contributed by atoms with Gasteiger partial charge in [-0.05, 0) is 18.2 Å². The number of nitrogens with zero attached hydrogens (tertiary/aromatic N) is 1. The Hall–Kier alpha value is -1.40. The number of rotatable bonds is 1. The predicted molar refractivity (Wildman–Crippen MR) is 41.4 cm³/mol. The lowest BCUT2D eigenvalue weighted by Crippen LogP contribution is -1.94. The first-order chi connectivity index (χ1) is 5.65. The second-order valence-corrected chi connectivity index (χ2v) is 2.48. The van der Waals surface area contributed by atoms with Gasteiger partial charge >= 0.3 is 0 Å². The smallest absolute Gasteiger partial charge is 0.262 e. The fraction of sp³-hybridized carbons (Fsp3) is 0. The Bertz CT molecular complexity index is 370. The zero-order valence-corrected chi connectivity index (χ0v) is 6.60. The zero-order chi connectivity index (χ0) is 9.14. The van der Waals surface area contributed by atoms with Crippen molar-refractivity contribution in [3.63, 3.8) is 0 Å². The minimum atomic E-state index is -0.725. The summed E-state index contributed by atoms with van der Waals surface area (Å²) in [6, 6.07) is 4.80. The van der Waals surface area contributed by atoms with E-state index in [4.69, 9.17) is 16.9 Å². The van der Waals surface area contributed by atoms with E-state index in [1.54, 1.807) is 0 Å². The van der Waals surface area contributed by atoms with Crippen molar-refractivity contribution in [2.45, 2.75) is 0 Å². The number of hydrogen-bond acceptors (Lipinski definition) is 2. The number of carbonyl (C=O) groups is 1. The fourth-order valence-electron chi connectivity index (χ4n) is 0.702. The van der Waals surface area contributed by atoms with E-state index >= 15 is 0 Å². The average molecular weight is 184 g/mol. The maximum atomic E-state index is 12.5. The van der Waals surface area contributed by atoms with Crippen molar-refractivity contribution in [2.24, 2.45) is 0 Å². The number of carbonyl (C=O) groups excluding carboxylic acids is 1. The standard InChI is InChI=1S/C8H3ClFNO/c9-6-3-5(8(12)4-11)1-2-7(6)10/h1-3H. The van der Waals surface area contributed by atoms with E-state index in [2.05, 4.69) is 0 Å². The van der Waals surface area contributed by atoms with Gasteiger partial charge in [0.05, 0.1) is 5.02 Å². The van der Waals surface area contributed by atoms with Crippen LogP contribution < -0.4 is 0 Å². The SMILES string of the molecule is N#CC(=O)c1ccc(F)c(Cl)c1. The predicted octanol–water partition coefficient (Wildman–Crippen LogP) is 2.19. The van der Waals surface area contributed by atoms with Crippen LogP contribution in [0.25, 0.3) is 0 Å². The first-order valence-electron chi connectivity index (χ1n) is 3.04. The molecule has 0 spiro atoms. The number of ketones is 1. The summed E-state index contributed by atoms with van der Waals surface area (Å²) < 4.78 is 12.5. The Morgan fingerprint density at radius 3 is 2.75 bits per heavy atom. The van der Waals surface area contributed by atoms with Gasteiger partial charge in [-0.2, -0.15) is 5.26 Å². The molecule has 0 amide bonds. The van der Waals surface area contributed by atoms with Gasteiger partial charge in [0.2, 0.25) is 0 Å². The van der Waals surface area contributed by atoms with Gasteiger partial charge in [0.25, 0.3) is 5.78 Å². The van der Waals surface area contributed by atoms with E-state index in [9.17, 15) is 9.18 Å². The molecular weight excluding hydrogens is 181 g/mol. The molecule has 0 aliphatic carbocycles. The summed E-state index contributed by atoms with van der Waals surface area (Å²) >= 11 is 5.38. The Kier molecular flexibility index (Phi) is 2.41. The molecule has 0 saturated heterocycles. The Morgan fingerprint density at radius 1 is 1.58 bits per heavy atom. The molecule has 0 radical (unpaired) electrons. The number of hydrogen-bond donors (Lipinski definition) is 0. The van der Waals surface area contributed by atoms with Gasteiger partial charge in [-0.15, -0.1) is 0 Å². The van der Waals surface area contributed by atoms with Crippen LogP contribution in [0, 0.1) is 17.1 Å². The molecule has 0 aliphatic heterocycles. The third-order valence-electron chi connectivity index (χ3n) is 1.28. The number of nitriles is 1. The molecule has 4 heteroatoms. The molecule has 0 saturated carbocycles. The minimum absolute atomic E-state index is 0.101. The molecule has 0 aromatic heterocycles. The molecule has 0 heterocycles. The summed E-state index contributed by atoms with van der Waals surface area (Å²) in [7, 11) is 0. The summed E-state index contributed by atoms with van der Waals surface area (Å²) in [6.07, 6.45) is 0. The second kappa shape index (κ2) is 3.33. The monoisotopic (exact) mass is 183 g/mol. The third kappa shape index (κ3) is 1.60. The molecule has 0 fully saturated rings. The van der Waals surface area contributed by atoms with Gasteiger partial charge in [0, 0.05) is 5.56 Å². The molecule has 0 atom stereocenters. The van der Waals surface area contributed by atoms with E-state index in [1.807, 2.05) is 0 Å². The van der Waals surface area contributed by atoms with Gasteiger partial charge in [-0.1, -0.05) is 11.6 Å². The van der Waals surface area contributed by atoms with Gasteiger partial charge in [0.15, 0.2) is 0 Å². The Balaban J connectivity index is 3.15. The van der Waals surface area contributed by atoms with Gasteiger partial charge in [-0.3, -0.25) is 4.79 Å². The summed E-state index contributed by atoms with van der Waals surface area (Å²) in [4.78, 5) is 10.7. The molecule has 0 bridgehead atoms. The lowest BCUT2D eigenvalue weighted by atomic mass is 10.1. The van der Waals surface area contributed by atoms with E-state index in [0.717, 1.165) is 12.1 Å². The summed E-state index contributed by atoms with van der Waals surface area (Å²) in [5.74, 6) is -1.33. The van der Waals surface area contributed by atoms with Crippen molar-refractivity contribution in [1.82, 2.24) is 0 Å². The van der Waals surface area contributed by atoms with Crippen molar-refractivity contribution in [3.05, 3.63) is 34.6 Å². The van der Waals surface area contributed by atoms with Crippen LogP contribution in [0.5, 0.6) is 0 Å². The molecular formula is C8H3ClFNO. The van der Waals surface area contributed by atoms with Gasteiger partial charge in [0.1, 0.15) is 11.9 Å². The maximum absolute atomic E-state index is 12.5. The van der Waals surface area contributed by atoms with Crippen molar-refractivity contribution in [2.75, 3.05) is 0 Å². The average Bonchev–Trinajstić information content (AvgIpc) is 2.08. The highest BCUT2D eigenvalue weighted by Crippen LogP contribution is 2.15. The molecule has 60 valence electrons. The number of halogens is 2. The summed E-state index contributed by atoms with van der Waals surface area (Å²) in [5.41, 5.74) is 0.101. The normalized spacial score (nSPS) is 9.08. The number of Topliss-reactive ketones (excluding diaryl/α,β-unsaturated/α-hetero) is 1.